The number of nitrogens with zero attached hydrogens (tertiary/aromatic N) is 3. The van der Waals surface area contributed by atoms with E-state index in [0.29, 0.717) is 16.5 Å². The lowest BCUT2D eigenvalue weighted by atomic mass is 10.2. The Morgan fingerprint density at radius 2 is 2.04 bits per heavy atom. The maximum Gasteiger partial charge on any atom is 0.261 e. The van der Waals surface area contributed by atoms with Crippen LogP contribution in [-0.4, -0.2) is 27.4 Å². The summed E-state index contributed by atoms with van der Waals surface area (Å²) in [6, 6.07) is 11.5. The highest BCUT2D eigenvalue weighted by atomic mass is 19.1. The molecule has 128 valence electrons. The van der Waals surface area contributed by atoms with Gasteiger partial charge in [0.25, 0.3) is 5.56 Å². The average molecular weight is 339 g/mol. The van der Waals surface area contributed by atoms with Crippen molar-refractivity contribution in [2.75, 3.05) is 7.05 Å². The van der Waals surface area contributed by atoms with Gasteiger partial charge in [0.2, 0.25) is 5.91 Å². The molecule has 1 heterocycles. The van der Waals surface area contributed by atoms with Gasteiger partial charge in [-0.05, 0) is 36.8 Å². The number of carbonyl (C=O) groups is 1. The highest BCUT2D eigenvalue weighted by molar-refractivity contribution is 5.79. The number of hydrogen-bond acceptors (Lipinski definition) is 3. The van der Waals surface area contributed by atoms with Crippen LogP contribution in [0, 0.1) is 12.7 Å². The molecule has 3 rings (SSSR count). The van der Waals surface area contributed by atoms with Gasteiger partial charge in [-0.25, -0.2) is 9.37 Å². The van der Waals surface area contributed by atoms with Crippen LogP contribution < -0.4 is 5.56 Å². The van der Waals surface area contributed by atoms with E-state index < -0.39 is 0 Å². The van der Waals surface area contributed by atoms with Crippen LogP contribution in [0.4, 0.5) is 4.39 Å². The van der Waals surface area contributed by atoms with Crippen molar-refractivity contribution < 1.29 is 9.18 Å². The molecule has 0 radical (unpaired) electrons. The lowest BCUT2D eigenvalue weighted by Crippen LogP contribution is -2.33. The zero-order valence-electron chi connectivity index (χ0n) is 14.1. The Hall–Kier alpha value is -3.02. The topological polar surface area (TPSA) is 55.2 Å². The van der Waals surface area contributed by atoms with E-state index in [1.165, 1.54) is 27.9 Å². The number of aryl methyl sites for hydroxylation is 1. The van der Waals surface area contributed by atoms with E-state index in [0.717, 1.165) is 5.56 Å². The zero-order chi connectivity index (χ0) is 18.0. The molecule has 6 heteroatoms. The fraction of sp³-hybridized carbons (Fsp3) is 0.211. The molecule has 0 aliphatic carbocycles. The minimum Gasteiger partial charge on any atom is -0.340 e. The predicted octanol–water partition coefficient (Wildman–Crippen LogP) is 2.50. The van der Waals surface area contributed by atoms with Crippen molar-refractivity contribution >= 4 is 16.8 Å². The fourth-order valence-electron chi connectivity index (χ4n) is 2.65. The van der Waals surface area contributed by atoms with Gasteiger partial charge in [0.1, 0.15) is 12.4 Å². The van der Waals surface area contributed by atoms with Gasteiger partial charge in [0.15, 0.2) is 0 Å². The van der Waals surface area contributed by atoms with Crippen molar-refractivity contribution in [1.82, 2.24) is 14.5 Å². The highest BCUT2D eigenvalue weighted by Gasteiger charge is 2.13. The van der Waals surface area contributed by atoms with Crippen LogP contribution in [0.5, 0.6) is 0 Å². The lowest BCUT2D eigenvalue weighted by molar-refractivity contribution is -0.131. The molecular formula is C19H18FN3O2. The summed E-state index contributed by atoms with van der Waals surface area (Å²) in [5, 5.41) is 0.489. The monoisotopic (exact) mass is 339 g/mol. The number of benzene rings is 2. The van der Waals surface area contributed by atoms with E-state index in [-0.39, 0.29) is 30.4 Å². The van der Waals surface area contributed by atoms with Gasteiger partial charge in [-0.3, -0.25) is 14.2 Å². The smallest absolute Gasteiger partial charge is 0.261 e. The molecule has 1 amide bonds. The number of fused-ring (bicyclic) bond motifs is 1. The fourth-order valence-corrected chi connectivity index (χ4v) is 2.65. The zero-order valence-corrected chi connectivity index (χ0v) is 14.1. The normalized spacial score (nSPS) is 10.8. The first-order valence-electron chi connectivity index (χ1n) is 7.88. The number of amides is 1. The van der Waals surface area contributed by atoms with Crippen LogP contribution in [0.3, 0.4) is 0 Å². The molecule has 0 N–H and O–H groups in total. The summed E-state index contributed by atoms with van der Waals surface area (Å²) in [7, 11) is 1.62. The summed E-state index contributed by atoms with van der Waals surface area (Å²) in [5.74, 6) is -0.594. The minimum atomic E-state index is -0.344. The first-order valence-corrected chi connectivity index (χ1v) is 7.88. The minimum absolute atomic E-state index is 0.110. The number of carbonyl (C=O) groups excluding carboxylic acids is 1. The highest BCUT2D eigenvalue weighted by Crippen LogP contribution is 2.10. The Labute approximate surface area is 144 Å². The number of likely N-dealkylation sites (N-methyl/N-ethyl adjacent to an activating group) is 1. The maximum absolute atomic E-state index is 13.2. The van der Waals surface area contributed by atoms with E-state index in [4.69, 9.17) is 0 Å². The molecule has 3 aromatic rings. The largest absolute Gasteiger partial charge is 0.340 e. The molecule has 0 bridgehead atoms. The second kappa shape index (κ2) is 6.84. The van der Waals surface area contributed by atoms with E-state index in [9.17, 15) is 14.0 Å². The van der Waals surface area contributed by atoms with E-state index in [1.54, 1.807) is 31.3 Å². The molecule has 0 saturated heterocycles. The molecule has 0 fully saturated rings. The van der Waals surface area contributed by atoms with E-state index in [2.05, 4.69) is 4.98 Å². The van der Waals surface area contributed by atoms with Gasteiger partial charge < -0.3 is 4.90 Å². The Kier molecular flexibility index (Phi) is 4.61. The van der Waals surface area contributed by atoms with E-state index >= 15 is 0 Å². The summed E-state index contributed by atoms with van der Waals surface area (Å²) in [6.07, 6.45) is 1.38. The van der Waals surface area contributed by atoms with Crippen molar-refractivity contribution in [2.24, 2.45) is 0 Å². The molecular weight excluding hydrogens is 321 g/mol. The Morgan fingerprint density at radius 1 is 1.24 bits per heavy atom. The van der Waals surface area contributed by atoms with Crippen molar-refractivity contribution in [3.8, 4) is 0 Å². The summed E-state index contributed by atoms with van der Waals surface area (Å²) < 4.78 is 14.5. The number of aromatic nitrogens is 2. The first-order chi connectivity index (χ1) is 11.9. The van der Waals surface area contributed by atoms with Crippen LogP contribution in [0.2, 0.25) is 0 Å². The first kappa shape index (κ1) is 16.8. The van der Waals surface area contributed by atoms with Gasteiger partial charge in [-0.15, -0.1) is 0 Å². The van der Waals surface area contributed by atoms with Crippen LogP contribution in [0.15, 0.2) is 53.6 Å². The standard InChI is InChI=1S/C19H18FN3O2/c1-13-6-7-17-16(8-13)19(25)23(12-21-17)11-18(24)22(2)10-14-4-3-5-15(20)9-14/h3-9,12H,10-11H2,1-2H3. The van der Waals surface area contributed by atoms with Crippen LogP contribution in [0.25, 0.3) is 10.9 Å². The van der Waals surface area contributed by atoms with Crippen molar-refractivity contribution in [2.45, 2.75) is 20.0 Å². The Balaban J connectivity index is 1.79. The van der Waals surface area contributed by atoms with Gasteiger partial charge in [-0.2, -0.15) is 0 Å². The third-order valence-electron chi connectivity index (χ3n) is 4.02. The quantitative estimate of drug-likeness (QED) is 0.734. The maximum atomic E-state index is 13.2. The Bertz CT molecular complexity index is 997. The molecule has 0 saturated carbocycles. The van der Waals surface area contributed by atoms with Crippen LogP contribution >= 0.6 is 0 Å². The second-order valence-electron chi connectivity index (χ2n) is 6.08. The third-order valence-corrected chi connectivity index (χ3v) is 4.02. The van der Waals surface area contributed by atoms with Crippen molar-refractivity contribution in [3.05, 3.63) is 76.1 Å². The average Bonchev–Trinajstić information content (AvgIpc) is 2.57. The lowest BCUT2D eigenvalue weighted by Gasteiger charge is -2.18. The van der Waals surface area contributed by atoms with Gasteiger partial charge in [-0.1, -0.05) is 23.8 Å². The summed E-state index contributed by atoms with van der Waals surface area (Å²) in [4.78, 5) is 30.6. The van der Waals surface area contributed by atoms with Crippen LogP contribution in [-0.2, 0) is 17.9 Å². The molecule has 0 spiro atoms. The molecule has 0 aliphatic heterocycles. The third kappa shape index (κ3) is 3.74. The van der Waals surface area contributed by atoms with Gasteiger partial charge in [0.05, 0.1) is 17.2 Å². The molecule has 5 nitrogen and oxygen atoms in total. The predicted molar refractivity (Wildman–Crippen MR) is 93.6 cm³/mol. The summed E-state index contributed by atoms with van der Waals surface area (Å²) in [5.41, 5.74) is 2.00. The molecule has 0 unspecified atom stereocenters. The Morgan fingerprint density at radius 3 is 2.80 bits per heavy atom. The van der Waals surface area contributed by atoms with Crippen molar-refractivity contribution in [1.29, 1.82) is 0 Å². The SMILES string of the molecule is Cc1ccc2ncn(CC(=O)N(C)Cc3cccc(F)c3)c(=O)c2c1. The van der Waals surface area contributed by atoms with E-state index in [1.807, 2.05) is 13.0 Å². The summed E-state index contributed by atoms with van der Waals surface area (Å²) >= 11 is 0. The second-order valence-corrected chi connectivity index (χ2v) is 6.08. The molecule has 0 aliphatic rings. The molecule has 1 aromatic heterocycles. The van der Waals surface area contributed by atoms with Gasteiger partial charge in [0, 0.05) is 13.6 Å². The molecule has 2 aromatic carbocycles. The number of halogens is 1. The summed E-state index contributed by atoms with van der Waals surface area (Å²) in [6.45, 7) is 2.06. The molecule has 25 heavy (non-hydrogen) atoms. The van der Waals surface area contributed by atoms with Crippen LogP contribution in [0.1, 0.15) is 11.1 Å². The number of hydrogen-bond donors (Lipinski definition) is 0. The van der Waals surface area contributed by atoms with Gasteiger partial charge >= 0.3 is 0 Å². The van der Waals surface area contributed by atoms with Crippen molar-refractivity contribution in [3.63, 3.8) is 0 Å². The molecule has 0 atom stereocenters. The number of rotatable bonds is 4.